The number of benzene rings is 2. The number of aromatic hydroxyl groups is 1. The van der Waals surface area contributed by atoms with Crippen molar-refractivity contribution in [1.82, 2.24) is 10.2 Å². The summed E-state index contributed by atoms with van der Waals surface area (Å²) in [5.41, 5.74) is -1.66. The first-order valence-electron chi connectivity index (χ1n) is 9.06. The molecule has 1 aliphatic rings. The Morgan fingerprint density at radius 2 is 1.94 bits per heavy atom. The van der Waals surface area contributed by atoms with Crippen LogP contribution in [-0.4, -0.2) is 37.3 Å². The Labute approximate surface area is 186 Å². The Morgan fingerprint density at radius 1 is 1.18 bits per heavy atom. The summed E-state index contributed by atoms with van der Waals surface area (Å²) in [6, 6.07) is 7.02. The van der Waals surface area contributed by atoms with Crippen molar-refractivity contribution in [3.05, 3.63) is 58.1 Å². The second kappa shape index (κ2) is 8.20. The number of carbonyl (C=O) groups is 2. The van der Waals surface area contributed by atoms with Crippen LogP contribution in [0.4, 0.5) is 24.5 Å². The van der Waals surface area contributed by atoms with E-state index in [2.05, 4.69) is 10.2 Å². The Hall–Kier alpha value is -3.94. The number of thioether (sulfide) groups is 1. The number of phenols is 1. The zero-order chi connectivity index (χ0) is 23.9. The highest BCUT2D eigenvalue weighted by Gasteiger charge is 2.42. The number of imide groups is 1. The van der Waals surface area contributed by atoms with Crippen LogP contribution in [0.1, 0.15) is 12.0 Å². The summed E-state index contributed by atoms with van der Waals surface area (Å²) in [6.45, 7) is 0. The number of halogens is 3. The molecule has 33 heavy (non-hydrogen) atoms. The van der Waals surface area contributed by atoms with Crippen LogP contribution in [0.3, 0.4) is 0 Å². The van der Waals surface area contributed by atoms with E-state index in [-0.39, 0.29) is 40.2 Å². The van der Waals surface area contributed by atoms with E-state index in [1.165, 1.54) is 6.07 Å². The molecule has 0 spiro atoms. The molecule has 1 saturated heterocycles. The highest BCUT2D eigenvalue weighted by atomic mass is 32.2. The zero-order valence-corrected chi connectivity index (χ0v) is 17.0. The largest absolute Gasteiger partial charge is 0.507 e. The van der Waals surface area contributed by atoms with Crippen molar-refractivity contribution < 1.29 is 37.2 Å². The van der Waals surface area contributed by atoms with E-state index in [4.69, 9.17) is 4.42 Å². The number of alkyl halides is 3. The number of anilines is 1. The van der Waals surface area contributed by atoms with Crippen LogP contribution in [0, 0.1) is 10.1 Å². The Bertz CT molecular complexity index is 1280. The Balaban J connectivity index is 1.55. The zero-order valence-electron chi connectivity index (χ0n) is 16.1. The topological polar surface area (TPSA) is 140 Å². The number of rotatable bonds is 5. The highest BCUT2D eigenvalue weighted by Crippen LogP contribution is 2.38. The molecule has 14 heteroatoms. The molecule has 2 aromatic carbocycles. The maximum Gasteiger partial charge on any atom is 0.416 e. The van der Waals surface area contributed by atoms with Crippen LogP contribution >= 0.6 is 11.8 Å². The number of carbonyl (C=O) groups excluding carboxylic acids is 2. The maximum atomic E-state index is 13.0. The van der Waals surface area contributed by atoms with E-state index >= 15 is 0 Å². The molecular weight excluding hydrogens is 469 g/mol. The maximum absolute atomic E-state index is 13.0. The van der Waals surface area contributed by atoms with Gasteiger partial charge in [-0.15, -0.1) is 10.2 Å². The molecule has 170 valence electrons. The summed E-state index contributed by atoms with van der Waals surface area (Å²) in [5, 5.41) is 27.1. The molecule has 4 rings (SSSR count). The van der Waals surface area contributed by atoms with E-state index in [9.17, 15) is 38.0 Å². The summed E-state index contributed by atoms with van der Waals surface area (Å²) >= 11 is 0.713. The highest BCUT2D eigenvalue weighted by molar-refractivity contribution is 8.00. The Morgan fingerprint density at radius 3 is 2.64 bits per heavy atom. The fourth-order valence-electron chi connectivity index (χ4n) is 3.09. The molecule has 10 nitrogen and oxygen atoms in total. The number of hydrogen-bond acceptors (Lipinski definition) is 9. The van der Waals surface area contributed by atoms with Gasteiger partial charge in [0.1, 0.15) is 11.0 Å². The molecule has 0 bridgehead atoms. The number of aromatic nitrogens is 2. The van der Waals surface area contributed by atoms with Crippen molar-refractivity contribution in [2.75, 3.05) is 4.90 Å². The molecule has 2 heterocycles. The van der Waals surface area contributed by atoms with Crippen LogP contribution in [-0.2, 0) is 15.8 Å². The van der Waals surface area contributed by atoms with Gasteiger partial charge in [0, 0.05) is 18.6 Å². The van der Waals surface area contributed by atoms with E-state index in [0.717, 1.165) is 30.3 Å². The number of non-ortho nitro benzene ring substituents is 1. The average molecular weight is 480 g/mol. The van der Waals surface area contributed by atoms with Crippen LogP contribution < -0.4 is 4.90 Å². The average Bonchev–Trinajstić information content (AvgIpc) is 3.32. The van der Waals surface area contributed by atoms with Crippen molar-refractivity contribution in [3.8, 4) is 17.2 Å². The third-order valence-corrected chi connectivity index (χ3v) is 5.63. The molecule has 0 saturated carbocycles. The lowest BCUT2D eigenvalue weighted by atomic mass is 10.2. The minimum absolute atomic E-state index is 0.108. The molecule has 1 unspecified atom stereocenters. The van der Waals surface area contributed by atoms with Gasteiger partial charge in [-0.2, -0.15) is 13.2 Å². The fraction of sp³-hybridized carbons (Fsp3) is 0.158. The van der Waals surface area contributed by atoms with Crippen molar-refractivity contribution in [1.29, 1.82) is 0 Å². The molecule has 0 radical (unpaired) electrons. The number of nitrogens with zero attached hydrogens (tertiary/aromatic N) is 4. The number of nitro groups is 1. The third kappa shape index (κ3) is 4.37. The summed E-state index contributed by atoms with van der Waals surface area (Å²) in [4.78, 5) is 36.0. The summed E-state index contributed by atoms with van der Waals surface area (Å²) < 4.78 is 44.3. The van der Waals surface area contributed by atoms with Crippen LogP contribution in [0.5, 0.6) is 5.75 Å². The number of hydrogen-bond donors (Lipinski definition) is 1. The van der Waals surface area contributed by atoms with Gasteiger partial charge < -0.3 is 9.52 Å². The molecular formula is C19H11F3N4O6S. The second-order valence-corrected chi connectivity index (χ2v) is 7.91. The predicted octanol–water partition coefficient (Wildman–Crippen LogP) is 3.79. The predicted molar refractivity (Wildman–Crippen MR) is 106 cm³/mol. The smallest absolute Gasteiger partial charge is 0.416 e. The van der Waals surface area contributed by atoms with Gasteiger partial charge in [0.2, 0.25) is 11.8 Å². The van der Waals surface area contributed by atoms with Gasteiger partial charge in [0.15, 0.2) is 0 Å². The first kappa shape index (κ1) is 22.3. The monoisotopic (exact) mass is 480 g/mol. The number of phenolic OH excluding ortho intramolecular Hbond substituents is 1. The third-order valence-electron chi connectivity index (χ3n) is 4.61. The minimum atomic E-state index is -4.64. The van der Waals surface area contributed by atoms with Crippen molar-refractivity contribution in [2.45, 2.75) is 23.1 Å². The van der Waals surface area contributed by atoms with Crippen molar-refractivity contribution in [3.63, 3.8) is 0 Å². The molecule has 1 aromatic heterocycles. The lowest BCUT2D eigenvalue weighted by molar-refractivity contribution is -0.384. The van der Waals surface area contributed by atoms with E-state index < -0.39 is 33.7 Å². The molecule has 1 N–H and O–H groups in total. The first-order chi connectivity index (χ1) is 15.5. The minimum Gasteiger partial charge on any atom is -0.507 e. The number of nitro benzene ring substituents is 1. The SMILES string of the molecule is O=C1CC(Sc2nnc(-c3cc([N+](=O)[O-])ccc3O)o2)C(=O)N1c1cccc(C(F)(F)F)c1. The molecule has 0 aliphatic carbocycles. The van der Waals surface area contributed by atoms with Crippen LogP contribution in [0.25, 0.3) is 11.5 Å². The van der Waals surface area contributed by atoms with Gasteiger partial charge in [-0.1, -0.05) is 17.8 Å². The molecule has 1 aliphatic heterocycles. The lowest BCUT2D eigenvalue weighted by Crippen LogP contribution is -2.31. The summed E-state index contributed by atoms with van der Waals surface area (Å²) in [5.74, 6) is -2.08. The summed E-state index contributed by atoms with van der Waals surface area (Å²) in [6.07, 6.45) is -4.96. The summed E-state index contributed by atoms with van der Waals surface area (Å²) in [7, 11) is 0. The van der Waals surface area contributed by atoms with Gasteiger partial charge >= 0.3 is 6.18 Å². The van der Waals surface area contributed by atoms with E-state index in [0.29, 0.717) is 22.7 Å². The molecule has 3 aromatic rings. The van der Waals surface area contributed by atoms with Gasteiger partial charge in [-0.25, -0.2) is 4.90 Å². The van der Waals surface area contributed by atoms with E-state index in [1.807, 2.05) is 0 Å². The van der Waals surface area contributed by atoms with Crippen molar-refractivity contribution >= 4 is 35.0 Å². The normalized spacial score (nSPS) is 16.5. The van der Waals surface area contributed by atoms with Crippen LogP contribution in [0.2, 0.25) is 0 Å². The number of amides is 2. The first-order valence-corrected chi connectivity index (χ1v) is 9.94. The van der Waals surface area contributed by atoms with E-state index in [1.54, 1.807) is 0 Å². The second-order valence-electron chi connectivity index (χ2n) is 6.76. The lowest BCUT2D eigenvalue weighted by Gasteiger charge is -2.16. The van der Waals surface area contributed by atoms with Gasteiger partial charge in [-0.3, -0.25) is 19.7 Å². The van der Waals surface area contributed by atoms with Crippen LogP contribution in [0.15, 0.2) is 52.1 Å². The molecule has 2 amide bonds. The molecule has 1 atom stereocenters. The Kier molecular flexibility index (Phi) is 5.53. The van der Waals surface area contributed by atoms with Gasteiger partial charge in [-0.05, 0) is 24.3 Å². The van der Waals surface area contributed by atoms with Gasteiger partial charge in [0.05, 0.1) is 21.7 Å². The fourth-order valence-corrected chi connectivity index (χ4v) is 3.98. The quantitative estimate of drug-likeness (QED) is 0.328. The van der Waals surface area contributed by atoms with Gasteiger partial charge in [0.25, 0.3) is 16.8 Å². The standard InChI is InChI=1S/C19H11F3N4O6S/c20-19(21,22)9-2-1-3-10(6-9)25-15(28)8-14(17(25)29)33-18-24-23-16(32-18)12-7-11(26(30)31)4-5-13(12)27/h1-7,14,27H,8H2. The molecule has 1 fully saturated rings. The van der Waals surface area contributed by atoms with Crippen molar-refractivity contribution in [2.24, 2.45) is 0 Å².